The lowest BCUT2D eigenvalue weighted by Gasteiger charge is -2.18. The Labute approximate surface area is 123 Å². The first-order valence-corrected chi connectivity index (χ1v) is 6.62. The highest BCUT2D eigenvalue weighted by atomic mass is 16.5. The number of rotatable bonds is 5. The second-order valence-electron chi connectivity index (χ2n) is 5.03. The molecule has 0 saturated carbocycles. The summed E-state index contributed by atoms with van der Waals surface area (Å²) in [5.74, 6) is -0.270. The lowest BCUT2D eigenvalue weighted by Crippen LogP contribution is -2.40. The SMILES string of the molecule is CCOC(=O)N/C(NC(=O)COC)=C1/CNC(C)(C)C1=N. The summed E-state index contributed by atoms with van der Waals surface area (Å²) in [6, 6.07) is 0. The van der Waals surface area contributed by atoms with Crippen LogP contribution in [0.25, 0.3) is 0 Å². The molecular formula is C13H22N4O4. The molecule has 1 aliphatic rings. The normalized spacial score (nSPS) is 19.1. The average Bonchev–Trinajstić information content (AvgIpc) is 2.64. The van der Waals surface area contributed by atoms with Crippen molar-refractivity contribution in [2.75, 3.05) is 26.9 Å². The van der Waals surface area contributed by atoms with Gasteiger partial charge >= 0.3 is 6.09 Å². The highest BCUT2D eigenvalue weighted by Crippen LogP contribution is 2.20. The summed E-state index contributed by atoms with van der Waals surface area (Å²) in [5.41, 5.74) is 0.285. The van der Waals surface area contributed by atoms with Crippen molar-refractivity contribution in [2.45, 2.75) is 26.3 Å². The van der Waals surface area contributed by atoms with E-state index in [0.29, 0.717) is 17.8 Å². The summed E-state index contributed by atoms with van der Waals surface area (Å²) in [4.78, 5) is 23.2. The molecule has 0 aromatic rings. The molecule has 1 heterocycles. The maximum atomic E-state index is 11.7. The zero-order valence-electron chi connectivity index (χ0n) is 12.8. The summed E-state index contributed by atoms with van der Waals surface area (Å²) in [5, 5.41) is 16.3. The fourth-order valence-electron chi connectivity index (χ4n) is 1.83. The molecule has 1 aliphatic heterocycles. The lowest BCUT2D eigenvalue weighted by atomic mass is 9.98. The van der Waals surface area contributed by atoms with Gasteiger partial charge < -0.3 is 25.5 Å². The van der Waals surface area contributed by atoms with E-state index < -0.39 is 17.5 Å². The number of carbonyl (C=O) groups excluding carboxylic acids is 2. The van der Waals surface area contributed by atoms with Crippen LogP contribution in [0.15, 0.2) is 11.4 Å². The fraction of sp³-hybridized carbons (Fsp3) is 0.615. The molecule has 0 atom stereocenters. The number of alkyl carbamates (subject to hydrolysis) is 1. The van der Waals surface area contributed by atoms with Gasteiger partial charge in [-0.05, 0) is 20.8 Å². The van der Waals surface area contributed by atoms with Crippen LogP contribution >= 0.6 is 0 Å². The predicted octanol–water partition coefficient (Wildman–Crippen LogP) is 0.108. The molecule has 0 unspecified atom stereocenters. The number of amides is 2. The van der Waals surface area contributed by atoms with Gasteiger partial charge in [-0.2, -0.15) is 0 Å². The molecule has 0 aromatic heterocycles. The van der Waals surface area contributed by atoms with Crippen LogP contribution in [0.4, 0.5) is 4.79 Å². The number of methoxy groups -OCH3 is 1. The van der Waals surface area contributed by atoms with E-state index in [2.05, 4.69) is 16.0 Å². The van der Waals surface area contributed by atoms with E-state index in [1.165, 1.54) is 7.11 Å². The molecule has 0 spiro atoms. The van der Waals surface area contributed by atoms with Crippen molar-refractivity contribution < 1.29 is 19.1 Å². The Hall–Kier alpha value is -1.93. The van der Waals surface area contributed by atoms with E-state index in [1.54, 1.807) is 6.92 Å². The molecule has 21 heavy (non-hydrogen) atoms. The summed E-state index contributed by atoms with van der Waals surface area (Å²) in [7, 11) is 1.40. The van der Waals surface area contributed by atoms with Crippen LogP contribution in [-0.2, 0) is 14.3 Å². The molecular weight excluding hydrogens is 276 g/mol. The van der Waals surface area contributed by atoms with Crippen molar-refractivity contribution in [3.05, 3.63) is 11.4 Å². The second kappa shape index (κ2) is 7.19. The van der Waals surface area contributed by atoms with Crippen LogP contribution in [0.2, 0.25) is 0 Å². The van der Waals surface area contributed by atoms with Crippen LogP contribution in [0.5, 0.6) is 0 Å². The average molecular weight is 298 g/mol. The molecule has 8 nitrogen and oxygen atoms in total. The second-order valence-corrected chi connectivity index (χ2v) is 5.03. The van der Waals surface area contributed by atoms with Crippen molar-refractivity contribution in [3.63, 3.8) is 0 Å². The molecule has 4 N–H and O–H groups in total. The topological polar surface area (TPSA) is 113 Å². The summed E-state index contributed by atoms with van der Waals surface area (Å²) in [6.07, 6.45) is -0.685. The van der Waals surface area contributed by atoms with E-state index in [1.807, 2.05) is 13.8 Å². The molecule has 118 valence electrons. The Bertz CT molecular complexity index is 449. The Morgan fingerprint density at radius 1 is 1.38 bits per heavy atom. The van der Waals surface area contributed by atoms with Crippen molar-refractivity contribution in [2.24, 2.45) is 0 Å². The Morgan fingerprint density at radius 3 is 2.52 bits per heavy atom. The number of carbonyl (C=O) groups is 2. The molecule has 0 aliphatic carbocycles. The van der Waals surface area contributed by atoms with Crippen molar-refractivity contribution in [1.82, 2.24) is 16.0 Å². The maximum Gasteiger partial charge on any atom is 0.412 e. The van der Waals surface area contributed by atoms with Gasteiger partial charge in [0.05, 0.1) is 17.9 Å². The highest BCUT2D eigenvalue weighted by Gasteiger charge is 2.35. The van der Waals surface area contributed by atoms with Gasteiger partial charge in [0.15, 0.2) is 0 Å². The first kappa shape index (κ1) is 17.1. The van der Waals surface area contributed by atoms with Gasteiger partial charge in [-0.15, -0.1) is 0 Å². The molecule has 1 rings (SSSR count). The standard InChI is InChI=1S/C13H22N4O4/c1-5-21-12(19)17-11(16-9(18)7-20-4)8-6-15-13(2,3)10(8)14/h14-15H,5-7H2,1-4H3,(H,16,18)(H,17,19)/b11-8-,14-10?. The van der Waals surface area contributed by atoms with Crippen LogP contribution in [0.1, 0.15) is 20.8 Å². The number of ether oxygens (including phenoxy) is 2. The quantitative estimate of drug-likeness (QED) is 0.575. The van der Waals surface area contributed by atoms with E-state index in [4.69, 9.17) is 14.9 Å². The third-order valence-electron chi connectivity index (χ3n) is 2.98. The maximum absolute atomic E-state index is 11.7. The van der Waals surface area contributed by atoms with Gasteiger partial charge in [0.25, 0.3) is 5.91 Å². The third kappa shape index (κ3) is 4.54. The summed E-state index contributed by atoms with van der Waals surface area (Å²) in [6.45, 7) is 5.80. The van der Waals surface area contributed by atoms with Crippen molar-refractivity contribution >= 4 is 17.7 Å². The molecule has 1 saturated heterocycles. The van der Waals surface area contributed by atoms with Gasteiger partial charge in [-0.25, -0.2) is 4.79 Å². The first-order valence-electron chi connectivity index (χ1n) is 6.62. The van der Waals surface area contributed by atoms with Gasteiger partial charge in [0.1, 0.15) is 12.4 Å². The smallest absolute Gasteiger partial charge is 0.412 e. The predicted molar refractivity (Wildman–Crippen MR) is 77.0 cm³/mol. The fourth-order valence-corrected chi connectivity index (χ4v) is 1.83. The lowest BCUT2D eigenvalue weighted by molar-refractivity contribution is -0.124. The van der Waals surface area contributed by atoms with Gasteiger partial charge in [0.2, 0.25) is 0 Å². The summed E-state index contributed by atoms with van der Waals surface area (Å²) < 4.78 is 9.54. The Balaban J connectivity index is 2.98. The van der Waals surface area contributed by atoms with E-state index in [9.17, 15) is 9.59 Å². The minimum absolute atomic E-state index is 0.147. The van der Waals surface area contributed by atoms with Crippen LogP contribution in [0.3, 0.4) is 0 Å². The van der Waals surface area contributed by atoms with Crippen LogP contribution in [0, 0.1) is 5.41 Å². The van der Waals surface area contributed by atoms with Gasteiger partial charge in [0, 0.05) is 19.2 Å². The molecule has 0 radical (unpaired) electrons. The molecule has 2 amide bonds. The van der Waals surface area contributed by atoms with Crippen molar-refractivity contribution in [1.29, 1.82) is 5.41 Å². The minimum Gasteiger partial charge on any atom is -0.450 e. The van der Waals surface area contributed by atoms with Gasteiger partial charge in [-0.3, -0.25) is 10.1 Å². The van der Waals surface area contributed by atoms with E-state index in [-0.39, 0.29) is 19.0 Å². The van der Waals surface area contributed by atoms with Crippen LogP contribution < -0.4 is 16.0 Å². The molecule has 0 aromatic carbocycles. The first-order chi connectivity index (χ1) is 9.81. The summed E-state index contributed by atoms with van der Waals surface area (Å²) >= 11 is 0. The number of nitrogens with one attached hydrogen (secondary N) is 4. The van der Waals surface area contributed by atoms with E-state index >= 15 is 0 Å². The molecule has 0 bridgehead atoms. The number of hydrogen-bond donors (Lipinski definition) is 4. The zero-order valence-corrected chi connectivity index (χ0v) is 12.8. The minimum atomic E-state index is -0.685. The molecule has 8 heteroatoms. The highest BCUT2D eigenvalue weighted by molar-refractivity contribution is 6.08. The van der Waals surface area contributed by atoms with E-state index in [0.717, 1.165) is 0 Å². The molecule has 1 fully saturated rings. The van der Waals surface area contributed by atoms with Crippen molar-refractivity contribution in [3.8, 4) is 0 Å². The van der Waals surface area contributed by atoms with Gasteiger partial charge in [-0.1, -0.05) is 0 Å². The third-order valence-corrected chi connectivity index (χ3v) is 2.98. The zero-order chi connectivity index (χ0) is 16.0. The largest absolute Gasteiger partial charge is 0.450 e. The Morgan fingerprint density at radius 2 is 2.05 bits per heavy atom. The monoisotopic (exact) mass is 298 g/mol. The van der Waals surface area contributed by atoms with Crippen LogP contribution in [-0.4, -0.2) is 50.1 Å². The number of hydrogen-bond acceptors (Lipinski definition) is 6. The Kier molecular flexibility index (Phi) is 5.86.